The van der Waals surface area contributed by atoms with E-state index in [9.17, 15) is 13.5 Å². The van der Waals surface area contributed by atoms with E-state index in [1.165, 1.54) is 17.6 Å². The Bertz CT molecular complexity index is 509. The van der Waals surface area contributed by atoms with E-state index < -0.39 is 15.9 Å². The largest absolute Gasteiger partial charge is 0.387 e. The number of hydrogen-bond acceptors (Lipinski definition) is 4. The predicted octanol–water partition coefficient (Wildman–Crippen LogP) is 3.04. The predicted molar refractivity (Wildman–Crippen MR) is 74.9 cm³/mol. The van der Waals surface area contributed by atoms with E-state index in [0.29, 0.717) is 17.9 Å². The van der Waals surface area contributed by atoms with Crippen molar-refractivity contribution in [1.82, 2.24) is 0 Å². The van der Waals surface area contributed by atoms with Gasteiger partial charge in [-0.05, 0) is 31.2 Å². The van der Waals surface area contributed by atoms with Gasteiger partial charge in [-0.3, -0.25) is 0 Å². The van der Waals surface area contributed by atoms with Crippen molar-refractivity contribution in [2.75, 3.05) is 6.26 Å². The van der Waals surface area contributed by atoms with Gasteiger partial charge in [-0.15, -0.1) is 11.3 Å². The van der Waals surface area contributed by atoms with E-state index in [1.807, 2.05) is 0 Å². The number of aliphatic hydroxyl groups is 1. The van der Waals surface area contributed by atoms with E-state index in [-0.39, 0.29) is 11.2 Å². The first-order chi connectivity index (χ1) is 8.38. The van der Waals surface area contributed by atoms with Gasteiger partial charge < -0.3 is 5.11 Å². The molecule has 1 saturated carbocycles. The smallest absolute Gasteiger partial charge is 0.150 e. The van der Waals surface area contributed by atoms with Crippen LogP contribution in [0, 0.1) is 5.92 Å². The van der Waals surface area contributed by atoms with Crippen LogP contribution < -0.4 is 0 Å². The minimum Gasteiger partial charge on any atom is -0.387 e. The third kappa shape index (κ3) is 3.26. The molecule has 6 heteroatoms. The molecule has 1 aliphatic carbocycles. The van der Waals surface area contributed by atoms with Crippen molar-refractivity contribution >= 4 is 32.8 Å². The molecule has 1 aromatic rings. The lowest BCUT2D eigenvalue weighted by atomic mass is 9.84. The van der Waals surface area contributed by atoms with Gasteiger partial charge in [0.1, 0.15) is 9.84 Å². The van der Waals surface area contributed by atoms with Crippen molar-refractivity contribution in [3.63, 3.8) is 0 Å². The van der Waals surface area contributed by atoms with Crippen LogP contribution in [-0.4, -0.2) is 25.0 Å². The van der Waals surface area contributed by atoms with Crippen molar-refractivity contribution in [3.8, 4) is 0 Å². The lowest BCUT2D eigenvalue weighted by Gasteiger charge is -2.30. The summed E-state index contributed by atoms with van der Waals surface area (Å²) < 4.78 is 23.2. The minimum absolute atomic E-state index is 0.0215. The molecule has 3 nitrogen and oxygen atoms in total. The third-order valence-corrected chi connectivity index (χ3v) is 6.59. The summed E-state index contributed by atoms with van der Waals surface area (Å²) in [5, 5.41) is 12.4. The van der Waals surface area contributed by atoms with E-state index >= 15 is 0 Å². The van der Waals surface area contributed by atoms with Crippen LogP contribution in [0.2, 0.25) is 5.02 Å². The SMILES string of the molecule is CS(=O)(=O)C1CCCC(C(O)c2cc(Cl)cs2)C1. The standard InChI is InChI=1S/C12H17ClO3S2/c1-18(15,16)10-4-2-3-8(5-10)12(14)11-6-9(13)7-17-11/h6-8,10,12,14H,2-5H2,1H3. The van der Waals surface area contributed by atoms with E-state index in [2.05, 4.69) is 0 Å². The lowest BCUT2D eigenvalue weighted by molar-refractivity contribution is 0.0888. The summed E-state index contributed by atoms with van der Waals surface area (Å²) >= 11 is 7.28. The number of sulfone groups is 1. The van der Waals surface area contributed by atoms with Gasteiger partial charge in [0.05, 0.1) is 16.4 Å². The molecule has 0 saturated heterocycles. The second-order valence-electron chi connectivity index (χ2n) is 4.99. The molecule has 1 heterocycles. The van der Waals surface area contributed by atoms with E-state index in [1.54, 1.807) is 11.4 Å². The zero-order chi connectivity index (χ0) is 13.3. The van der Waals surface area contributed by atoms with Crippen molar-refractivity contribution in [1.29, 1.82) is 0 Å². The highest BCUT2D eigenvalue weighted by atomic mass is 35.5. The van der Waals surface area contributed by atoms with E-state index in [4.69, 9.17) is 11.6 Å². The molecule has 0 radical (unpaired) electrons. The maximum atomic E-state index is 11.6. The number of hydrogen-bond donors (Lipinski definition) is 1. The Hall–Kier alpha value is -0.100. The first-order valence-electron chi connectivity index (χ1n) is 5.99. The Morgan fingerprint density at radius 1 is 1.50 bits per heavy atom. The molecule has 0 aliphatic heterocycles. The molecule has 0 spiro atoms. The number of thiophene rings is 1. The van der Waals surface area contributed by atoms with Gasteiger partial charge in [-0.1, -0.05) is 18.0 Å². The molecule has 1 aromatic heterocycles. The molecule has 0 aromatic carbocycles. The summed E-state index contributed by atoms with van der Waals surface area (Å²) in [6.07, 6.45) is 3.70. The summed E-state index contributed by atoms with van der Waals surface area (Å²) in [7, 11) is -3.00. The summed E-state index contributed by atoms with van der Waals surface area (Å²) in [6, 6.07) is 1.76. The minimum atomic E-state index is -3.00. The fourth-order valence-corrected chi connectivity index (χ4v) is 4.92. The summed E-state index contributed by atoms with van der Waals surface area (Å²) in [5.74, 6) is 0.0215. The fourth-order valence-electron chi connectivity index (χ4n) is 2.57. The van der Waals surface area contributed by atoms with Crippen molar-refractivity contribution in [3.05, 3.63) is 21.3 Å². The Labute approximate surface area is 117 Å². The quantitative estimate of drug-likeness (QED) is 0.933. The van der Waals surface area contributed by atoms with Crippen LogP contribution in [0.5, 0.6) is 0 Å². The number of aliphatic hydroxyl groups excluding tert-OH is 1. The van der Waals surface area contributed by atoms with Crippen LogP contribution in [0.1, 0.15) is 36.7 Å². The normalized spacial score (nSPS) is 27.1. The van der Waals surface area contributed by atoms with Gasteiger partial charge in [0, 0.05) is 16.5 Å². The molecule has 1 aliphatic rings. The zero-order valence-corrected chi connectivity index (χ0v) is 12.6. The molecule has 3 atom stereocenters. The average molecular weight is 309 g/mol. The maximum Gasteiger partial charge on any atom is 0.150 e. The van der Waals surface area contributed by atoms with Crippen LogP contribution in [-0.2, 0) is 9.84 Å². The third-order valence-electron chi connectivity index (χ3n) is 3.60. The Balaban J connectivity index is 2.09. The summed E-state index contributed by atoms with van der Waals surface area (Å²) in [6.45, 7) is 0. The summed E-state index contributed by atoms with van der Waals surface area (Å²) in [4.78, 5) is 0.833. The zero-order valence-electron chi connectivity index (χ0n) is 10.2. The van der Waals surface area contributed by atoms with Crippen LogP contribution in [0.3, 0.4) is 0 Å². The van der Waals surface area contributed by atoms with Crippen molar-refractivity contribution in [2.45, 2.75) is 37.0 Å². The van der Waals surface area contributed by atoms with Crippen LogP contribution in [0.15, 0.2) is 11.4 Å². The number of rotatable bonds is 3. The highest BCUT2D eigenvalue weighted by Gasteiger charge is 2.33. The topological polar surface area (TPSA) is 54.4 Å². The number of halogens is 1. The summed E-state index contributed by atoms with van der Waals surface area (Å²) in [5.41, 5.74) is 0. The molecular formula is C12H17ClO3S2. The molecule has 3 unspecified atom stereocenters. The highest BCUT2D eigenvalue weighted by Crippen LogP contribution is 2.39. The first-order valence-corrected chi connectivity index (χ1v) is 9.20. The first kappa shape index (κ1) is 14.3. The van der Waals surface area contributed by atoms with Crippen LogP contribution in [0.25, 0.3) is 0 Å². The highest BCUT2D eigenvalue weighted by molar-refractivity contribution is 7.91. The monoisotopic (exact) mass is 308 g/mol. The molecule has 2 rings (SSSR count). The van der Waals surface area contributed by atoms with Gasteiger partial charge >= 0.3 is 0 Å². The van der Waals surface area contributed by atoms with Crippen LogP contribution >= 0.6 is 22.9 Å². The molecule has 0 amide bonds. The fraction of sp³-hybridized carbons (Fsp3) is 0.667. The lowest BCUT2D eigenvalue weighted by Crippen LogP contribution is -2.30. The second-order valence-corrected chi connectivity index (χ2v) is 8.70. The molecule has 18 heavy (non-hydrogen) atoms. The van der Waals surface area contributed by atoms with Crippen molar-refractivity contribution in [2.24, 2.45) is 5.92 Å². The van der Waals surface area contributed by atoms with Crippen LogP contribution in [0.4, 0.5) is 0 Å². The Morgan fingerprint density at radius 2 is 2.22 bits per heavy atom. The Morgan fingerprint density at radius 3 is 2.78 bits per heavy atom. The van der Waals surface area contributed by atoms with Gasteiger partial charge in [0.25, 0.3) is 0 Å². The molecule has 0 bridgehead atoms. The van der Waals surface area contributed by atoms with Gasteiger partial charge in [-0.25, -0.2) is 8.42 Å². The molecule has 102 valence electrons. The second kappa shape index (κ2) is 5.49. The average Bonchev–Trinajstić information content (AvgIpc) is 2.74. The molecular weight excluding hydrogens is 292 g/mol. The van der Waals surface area contributed by atoms with Gasteiger partial charge in [0.2, 0.25) is 0 Å². The van der Waals surface area contributed by atoms with Gasteiger partial charge in [0.15, 0.2) is 0 Å². The van der Waals surface area contributed by atoms with Gasteiger partial charge in [-0.2, -0.15) is 0 Å². The van der Waals surface area contributed by atoms with Crippen molar-refractivity contribution < 1.29 is 13.5 Å². The van der Waals surface area contributed by atoms with E-state index in [0.717, 1.165) is 17.7 Å². The Kier molecular flexibility index (Phi) is 4.36. The molecule has 1 N–H and O–H groups in total. The molecule has 1 fully saturated rings. The maximum absolute atomic E-state index is 11.6.